The molecule has 0 aliphatic carbocycles. The first kappa shape index (κ1) is 18.3. The molecule has 28 heavy (non-hydrogen) atoms. The number of benzene rings is 3. The van der Waals surface area contributed by atoms with Crippen LogP contribution in [0.5, 0.6) is 0 Å². The predicted octanol–water partition coefficient (Wildman–Crippen LogP) is 6.11. The molecular weight excluding hydrogens is 364 g/mol. The lowest BCUT2D eigenvalue weighted by molar-refractivity contribution is -0.113. The van der Waals surface area contributed by atoms with E-state index >= 15 is 0 Å². The number of hydrogen-bond donors (Lipinski definition) is 0. The molecule has 0 aromatic heterocycles. The van der Waals surface area contributed by atoms with Crippen LogP contribution in [0.15, 0.2) is 88.8 Å². The minimum atomic E-state index is -0.0458. The molecule has 0 atom stereocenters. The van der Waals surface area contributed by atoms with Crippen molar-refractivity contribution in [2.45, 2.75) is 13.8 Å². The van der Waals surface area contributed by atoms with Crippen molar-refractivity contribution in [2.24, 2.45) is 4.99 Å². The molecule has 3 aromatic carbocycles. The maximum Gasteiger partial charge on any atom is 0.271 e. The number of rotatable bonds is 3. The van der Waals surface area contributed by atoms with Gasteiger partial charge in [0.2, 0.25) is 0 Å². The topological polar surface area (TPSA) is 32.7 Å². The first-order valence-corrected chi connectivity index (χ1v) is 9.94. The Bertz CT molecular complexity index is 1090. The molecule has 1 amide bonds. The first-order valence-electron chi connectivity index (χ1n) is 9.12. The van der Waals surface area contributed by atoms with E-state index in [1.54, 1.807) is 4.90 Å². The highest BCUT2D eigenvalue weighted by molar-refractivity contribution is 8.19. The van der Waals surface area contributed by atoms with Gasteiger partial charge in [0.15, 0.2) is 5.17 Å². The van der Waals surface area contributed by atoms with Crippen LogP contribution in [-0.4, -0.2) is 11.1 Å². The third-order valence-corrected chi connectivity index (χ3v) is 5.56. The Morgan fingerprint density at radius 2 is 1.46 bits per heavy atom. The summed E-state index contributed by atoms with van der Waals surface area (Å²) in [7, 11) is 0. The van der Waals surface area contributed by atoms with Crippen LogP contribution in [0.1, 0.15) is 16.7 Å². The number of thioether (sulfide) groups is 1. The second kappa shape index (κ2) is 7.87. The SMILES string of the molecule is Cc1ccccc1N=C1SC(=Cc2ccccc2)C(=O)N1c1ccccc1C. The van der Waals surface area contributed by atoms with Crippen LogP contribution in [-0.2, 0) is 4.79 Å². The zero-order chi connectivity index (χ0) is 19.5. The summed E-state index contributed by atoms with van der Waals surface area (Å²) >= 11 is 1.42. The second-order valence-corrected chi connectivity index (χ2v) is 7.64. The van der Waals surface area contributed by atoms with Crippen molar-refractivity contribution in [3.63, 3.8) is 0 Å². The summed E-state index contributed by atoms with van der Waals surface area (Å²) in [6.45, 7) is 4.04. The van der Waals surface area contributed by atoms with Crippen LogP contribution in [0.3, 0.4) is 0 Å². The molecule has 4 heteroatoms. The highest BCUT2D eigenvalue weighted by Gasteiger charge is 2.35. The zero-order valence-electron chi connectivity index (χ0n) is 15.8. The standard InChI is InChI=1S/C24H20N2OS/c1-17-10-6-8-14-20(17)25-24-26(21-15-9-7-11-18(21)2)23(27)22(28-24)16-19-12-4-3-5-13-19/h3-16H,1-2H3. The van der Waals surface area contributed by atoms with Gasteiger partial charge >= 0.3 is 0 Å². The number of amides is 1. The van der Waals surface area contributed by atoms with Crippen molar-refractivity contribution in [1.29, 1.82) is 0 Å². The fourth-order valence-corrected chi connectivity index (χ4v) is 4.05. The maximum atomic E-state index is 13.3. The van der Waals surface area contributed by atoms with E-state index in [0.717, 1.165) is 28.1 Å². The summed E-state index contributed by atoms with van der Waals surface area (Å²) in [5, 5.41) is 0.677. The van der Waals surface area contributed by atoms with Crippen molar-refractivity contribution >= 4 is 40.3 Å². The van der Waals surface area contributed by atoms with Crippen molar-refractivity contribution in [2.75, 3.05) is 4.90 Å². The van der Waals surface area contributed by atoms with Gasteiger partial charge in [-0.25, -0.2) is 4.99 Å². The molecule has 1 aliphatic rings. The molecule has 4 rings (SSSR count). The Morgan fingerprint density at radius 1 is 0.821 bits per heavy atom. The zero-order valence-corrected chi connectivity index (χ0v) is 16.6. The molecule has 0 N–H and O–H groups in total. The van der Waals surface area contributed by atoms with E-state index in [1.165, 1.54) is 11.8 Å². The summed E-state index contributed by atoms with van der Waals surface area (Å²) < 4.78 is 0. The predicted molar refractivity (Wildman–Crippen MR) is 119 cm³/mol. The van der Waals surface area contributed by atoms with Crippen LogP contribution >= 0.6 is 11.8 Å². The lowest BCUT2D eigenvalue weighted by Gasteiger charge is -2.18. The number of hydrogen-bond acceptors (Lipinski definition) is 3. The average molecular weight is 385 g/mol. The largest absolute Gasteiger partial charge is 0.271 e. The van der Waals surface area contributed by atoms with E-state index in [1.807, 2.05) is 98.8 Å². The number of aliphatic imine (C=N–C) groups is 1. The monoisotopic (exact) mass is 384 g/mol. The Kier molecular flexibility index (Phi) is 5.13. The second-order valence-electron chi connectivity index (χ2n) is 6.63. The Morgan fingerprint density at radius 3 is 2.18 bits per heavy atom. The summed E-state index contributed by atoms with van der Waals surface area (Å²) in [5.74, 6) is -0.0458. The molecule has 0 saturated carbocycles. The van der Waals surface area contributed by atoms with Crippen LogP contribution in [0.25, 0.3) is 6.08 Å². The molecule has 0 unspecified atom stereocenters. The fraction of sp³-hybridized carbons (Fsp3) is 0.0833. The van der Waals surface area contributed by atoms with Gasteiger partial charge in [0, 0.05) is 0 Å². The van der Waals surface area contributed by atoms with E-state index < -0.39 is 0 Å². The van der Waals surface area contributed by atoms with Crippen LogP contribution < -0.4 is 4.90 Å². The molecule has 1 heterocycles. The smallest absolute Gasteiger partial charge is 0.268 e. The fourth-order valence-electron chi connectivity index (χ4n) is 3.07. The van der Waals surface area contributed by atoms with Crippen molar-refractivity contribution in [3.05, 3.63) is 100 Å². The van der Waals surface area contributed by atoms with Crippen LogP contribution in [0.2, 0.25) is 0 Å². The molecule has 0 radical (unpaired) electrons. The molecule has 0 bridgehead atoms. The number of carbonyl (C=O) groups excluding carboxylic acids is 1. The van der Waals surface area contributed by atoms with Gasteiger partial charge in [-0.1, -0.05) is 66.7 Å². The molecule has 1 aliphatic heterocycles. The lowest BCUT2D eigenvalue weighted by atomic mass is 10.1. The van der Waals surface area contributed by atoms with Crippen molar-refractivity contribution in [1.82, 2.24) is 0 Å². The number of amidine groups is 1. The van der Waals surface area contributed by atoms with Gasteiger partial charge in [0.1, 0.15) is 0 Å². The van der Waals surface area contributed by atoms with E-state index in [2.05, 4.69) is 0 Å². The van der Waals surface area contributed by atoms with Gasteiger partial charge in [-0.3, -0.25) is 9.69 Å². The number of para-hydroxylation sites is 2. The summed E-state index contributed by atoms with van der Waals surface area (Å²) in [6.07, 6.45) is 1.93. The van der Waals surface area contributed by atoms with Gasteiger partial charge in [0.05, 0.1) is 16.3 Å². The third-order valence-electron chi connectivity index (χ3n) is 4.59. The quantitative estimate of drug-likeness (QED) is 0.510. The summed E-state index contributed by atoms with van der Waals surface area (Å²) in [6, 6.07) is 25.8. The molecule has 138 valence electrons. The van der Waals surface area contributed by atoms with Gasteiger partial charge in [-0.2, -0.15) is 0 Å². The molecule has 1 saturated heterocycles. The number of anilines is 1. The lowest BCUT2D eigenvalue weighted by Crippen LogP contribution is -2.29. The van der Waals surface area contributed by atoms with Gasteiger partial charge in [-0.15, -0.1) is 0 Å². The van der Waals surface area contributed by atoms with Crippen molar-refractivity contribution < 1.29 is 4.79 Å². The Balaban J connectivity index is 1.82. The molecular formula is C24H20N2OS. The van der Waals surface area contributed by atoms with Gasteiger partial charge < -0.3 is 0 Å². The normalized spacial score (nSPS) is 16.9. The highest BCUT2D eigenvalue weighted by atomic mass is 32.2. The van der Waals surface area contributed by atoms with E-state index in [9.17, 15) is 4.79 Å². The van der Waals surface area contributed by atoms with Crippen molar-refractivity contribution in [3.8, 4) is 0 Å². The van der Waals surface area contributed by atoms with Crippen LogP contribution in [0.4, 0.5) is 11.4 Å². The first-order chi connectivity index (χ1) is 13.6. The molecule has 3 nitrogen and oxygen atoms in total. The minimum absolute atomic E-state index is 0.0458. The van der Waals surface area contributed by atoms with Gasteiger partial charge in [0.25, 0.3) is 5.91 Å². The maximum absolute atomic E-state index is 13.3. The summed E-state index contributed by atoms with van der Waals surface area (Å²) in [4.78, 5) is 20.5. The van der Waals surface area contributed by atoms with E-state index in [-0.39, 0.29) is 5.91 Å². The average Bonchev–Trinajstić information content (AvgIpc) is 3.00. The van der Waals surface area contributed by atoms with E-state index in [0.29, 0.717) is 10.1 Å². The number of aryl methyl sites for hydroxylation is 2. The number of nitrogens with zero attached hydrogens (tertiary/aromatic N) is 2. The number of carbonyl (C=O) groups is 1. The molecule has 1 fully saturated rings. The highest BCUT2D eigenvalue weighted by Crippen LogP contribution is 2.38. The van der Waals surface area contributed by atoms with Crippen LogP contribution in [0, 0.1) is 13.8 Å². The van der Waals surface area contributed by atoms with E-state index in [4.69, 9.17) is 4.99 Å². The third kappa shape index (κ3) is 3.64. The minimum Gasteiger partial charge on any atom is -0.268 e. The molecule has 0 spiro atoms. The van der Waals surface area contributed by atoms with Gasteiger partial charge in [-0.05, 0) is 60.5 Å². The summed E-state index contributed by atoms with van der Waals surface area (Å²) in [5.41, 5.74) is 4.85. The Labute approximate surface area is 169 Å². The molecule has 3 aromatic rings. The Hall–Kier alpha value is -3.11.